The second-order valence-electron chi connectivity index (χ2n) is 7.25. The number of aromatic nitrogens is 1. The van der Waals surface area contributed by atoms with Gasteiger partial charge in [0.2, 0.25) is 11.8 Å². The second kappa shape index (κ2) is 7.52. The maximum absolute atomic E-state index is 12.5. The number of hydrogen-bond acceptors (Lipinski definition) is 5. The van der Waals surface area contributed by atoms with Crippen LogP contribution in [0.3, 0.4) is 0 Å². The normalized spacial score (nSPS) is 16.1. The molecule has 3 aromatic rings. The third kappa shape index (κ3) is 3.77. The first-order chi connectivity index (χ1) is 13.9. The van der Waals surface area contributed by atoms with E-state index in [2.05, 4.69) is 10.3 Å². The van der Waals surface area contributed by atoms with E-state index in [1.54, 1.807) is 24.2 Å². The number of para-hydroxylation sites is 1. The molecule has 4 rings (SSSR count). The van der Waals surface area contributed by atoms with E-state index in [9.17, 15) is 9.59 Å². The number of aryl methyl sites for hydroxylation is 1. The summed E-state index contributed by atoms with van der Waals surface area (Å²) < 4.78 is 5.89. The van der Waals surface area contributed by atoms with E-state index in [1.165, 1.54) is 6.08 Å². The molecule has 0 unspecified atom stereocenters. The fourth-order valence-electron chi connectivity index (χ4n) is 3.39. The lowest BCUT2D eigenvalue weighted by molar-refractivity contribution is -0.125. The van der Waals surface area contributed by atoms with Gasteiger partial charge in [0, 0.05) is 36.7 Å². The molecule has 7 heteroatoms. The maximum atomic E-state index is 12.5. The predicted molar refractivity (Wildman–Crippen MR) is 111 cm³/mol. The van der Waals surface area contributed by atoms with E-state index in [0.717, 1.165) is 33.4 Å². The molecule has 0 bridgehead atoms. The van der Waals surface area contributed by atoms with Crippen LogP contribution in [0.1, 0.15) is 22.5 Å². The number of fused-ring (bicyclic) bond motifs is 2. The minimum Gasteiger partial charge on any atom is -0.459 e. The SMILES string of the molecule is Cc1c(CN(C)C(=O)/C=C/c2cnc3c(c2)C[C@@H](N)C(=O)N3)oc2ccccc12. The Morgan fingerprint density at radius 1 is 1.41 bits per heavy atom. The molecule has 1 aromatic carbocycles. The van der Waals surface area contributed by atoms with E-state index in [1.807, 2.05) is 37.3 Å². The zero-order valence-electron chi connectivity index (χ0n) is 16.3. The number of hydrogen-bond donors (Lipinski definition) is 2. The van der Waals surface area contributed by atoms with E-state index in [4.69, 9.17) is 10.2 Å². The van der Waals surface area contributed by atoms with Crippen LogP contribution in [0.5, 0.6) is 0 Å². The van der Waals surface area contributed by atoms with Gasteiger partial charge in [-0.2, -0.15) is 0 Å². The summed E-state index contributed by atoms with van der Waals surface area (Å²) in [6, 6.07) is 9.13. The average molecular weight is 390 g/mol. The van der Waals surface area contributed by atoms with Gasteiger partial charge in [0.1, 0.15) is 17.2 Å². The number of rotatable bonds is 4. The predicted octanol–water partition coefficient (Wildman–Crippen LogP) is 2.63. The summed E-state index contributed by atoms with van der Waals surface area (Å²) in [5.74, 6) is 0.923. The lowest BCUT2D eigenvalue weighted by Gasteiger charge is -2.20. The number of furan rings is 1. The number of nitrogens with one attached hydrogen (secondary N) is 1. The van der Waals surface area contributed by atoms with Gasteiger partial charge in [-0.25, -0.2) is 4.98 Å². The molecule has 0 radical (unpaired) electrons. The van der Waals surface area contributed by atoms with Gasteiger partial charge in [-0.05, 0) is 36.3 Å². The van der Waals surface area contributed by atoms with Gasteiger partial charge in [-0.3, -0.25) is 9.59 Å². The van der Waals surface area contributed by atoms with Gasteiger partial charge in [-0.1, -0.05) is 18.2 Å². The van der Waals surface area contributed by atoms with E-state index >= 15 is 0 Å². The first-order valence-corrected chi connectivity index (χ1v) is 9.38. The van der Waals surface area contributed by atoms with Crippen LogP contribution in [0.25, 0.3) is 17.0 Å². The third-order valence-corrected chi connectivity index (χ3v) is 5.12. The lowest BCUT2D eigenvalue weighted by Crippen LogP contribution is -2.41. The summed E-state index contributed by atoms with van der Waals surface area (Å²) >= 11 is 0. The smallest absolute Gasteiger partial charge is 0.246 e. The standard InChI is InChI=1S/C22H22N4O3/c1-13-16-5-3-4-6-18(16)29-19(13)12-26(2)20(27)8-7-14-9-15-10-17(23)22(28)25-21(15)24-11-14/h3-9,11,17H,10,12,23H2,1-2H3,(H,24,25,28)/b8-7+/t17-/m1/s1. The summed E-state index contributed by atoms with van der Waals surface area (Å²) in [7, 11) is 1.74. The highest BCUT2D eigenvalue weighted by atomic mass is 16.3. The largest absolute Gasteiger partial charge is 0.459 e. The van der Waals surface area contributed by atoms with Crippen LogP contribution < -0.4 is 11.1 Å². The summed E-state index contributed by atoms with van der Waals surface area (Å²) in [6.45, 7) is 2.38. The number of nitrogens with zero attached hydrogens (tertiary/aromatic N) is 2. The monoisotopic (exact) mass is 390 g/mol. The van der Waals surface area contributed by atoms with Gasteiger partial charge >= 0.3 is 0 Å². The molecule has 2 aromatic heterocycles. The molecule has 0 saturated heterocycles. The van der Waals surface area contributed by atoms with Gasteiger partial charge in [0.05, 0.1) is 12.6 Å². The van der Waals surface area contributed by atoms with Crippen molar-refractivity contribution in [2.75, 3.05) is 12.4 Å². The van der Waals surface area contributed by atoms with Crippen molar-refractivity contribution in [2.45, 2.75) is 25.9 Å². The molecular weight excluding hydrogens is 368 g/mol. The van der Waals surface area contributed by atoms with Gasteiger partial charge in [-0.15, -0.1) is 0 Å². The minimum atomic E-state index is -0.580. The molecule has 0 saturated carbocycles. The van der Waals surface area contributed by atoms with Crippen LogP contribution in [0.4, 0.5) is 5.82 Å². The van der Waals surface area contributed by atoms with Crippen molar-refractivity contribution in [2.24, 2.45) is 5.73 Å². The maximum Gasteiger partial charge on any atom is 0.246 e. The van der Waals surface area contributed by atoms with E-state index in [0.29, 0.717) is 18.8 Å². The fourth-order valence-corrected chi connectivity index (χ4v) is 3.39. The van der Waals surface area contributed by atoms with Gasteiger partial charge in [0.25, 0.3) is 0 Å². The fraction of sp³-hybridized carbons (Fsp3) is 0.227. The van der Waals surface area contributed by atoms with E-state index in [-0.39, 0.29) is 11.8 Å². The summed E-state index contributed by atoms with van der Waals surface area (Å²) in [4.78, 5) is 30.0. The summed E-state index contributed by atoms with van der Waals surface area (Å²) in [5.41, 5.74) is 9.29. The van der Waals surface area contributed by atoms with Crippen LogP contribution in [0.15, 0.2) is 47.0 Å². The topological polar surface area (TPSA) is 101 Å². The zero-order valence-corrected chi connectivity index (χ0v) is 16.3. The molecule has 1 aliphatic heterocycles. The highest BCUT2D eigenvalue weighted by molar-refractivity contribution is 5.97. The molecule has 2 amide bonds. The van der Waals surface area contributed by atoms with Crippen molar-refractivity contribution in [1.82, 2.24) is 9.88 Å². The Balaban J connectivity index is 1.46. The van der Waals surface area contributed by atoms with Crippen molar-refractivity contribution >= 4 is 34.7 Å². The number of likely N-dealkylation sites (N-methyl/N-ethyl adjacent to an activating group) is 1. The Hall–Kier alpha value is -3.45. The first kappa shape index (κ1) is 18.9. The number of benzene rings is 1. The number of pyridine rings is 1. The Morgan fingerprint density at radius 2 is 2.21 bits per heavy atom. The number of amides is 2. The number of carbonyl (C=O) groups excluding carboxylic acids is 2. The lowest BCUT2D eigenvalue weighted by atomic mass is 10.0. The van der Waals surface area contributed by atoms with E-state index < -0.39 is 6.04 Å². The molecule has 1 atom stereocenters. The zero-order chi connectivity index (χ0) is 20.5. The molecule has 1 aliphatic rings. The highest BCUT2D eigenvalue weighted by Gasteiger charge is 2.23. The van der Waals surface area contributed by atoms with Crippen LogP contribution in [0.2, 0.25) is 0 Å². The summed E-state index contributed by atoms with van der Waals surface area (Å²) in [5, 5.41) is 3.74. The highest BCUT2D eigenvalue weighted by Crippen LogP contribution is 2.26. The quantitative estimate of drug-likeness (QED) is 0.667. The molecule has 3 heterocycles. The van der Waals surface area contributed by atoms with Crippen LogP contribution >= 0.6 is 0 Å². The van der Waals surface area contributed by atoms with Crippen molar-refractivity contribution in [3.8, 4) is 0 Å². The molecule has 0 fully saturated rings. The van der Waals surface area contributed by atoms with Crippen molar-refractivity contribution in [1.29, 1.82) is 0 Å². The van der Waals surface area contributed by atoms with Gasteiger partial charge in [0.15, 0.2) is 0 Å². The number of anilines is 1. The molecular formula is C22H22N4O3. The molecule has 148 valence electrons. The third-order valence-electron chi connectivity index (χ3n) is 5.12. The molecule has 0 spiro atoms. The Morgan fingerprint density at radius 3 is 3.00 bits per heavy atom. The minimum absolute atomic E-state index is 0.146. The summed E-state index contributed by atoms with van der Waals surface area (Å²) in [6.07, 6.45) is 5.25. The second-order valence-corrected chi connectivity index (χ2v) is 7.25. The average Bonchev–Trinajstić information content (AvgIpc) is 3.02. The molecule has 29 heavy (non-hydrogen) atoms. The van der Waals surface area contributed by atoms with Crippen LogP contribution in [-0.2, 0) is 22.6 Å². The Bertz CT molecular complexity index is 1130. The van der Waals surface area contributed by atoms with Crippen molar-refractivity contribution in [3.63, 3.8) is 0 Å². The van der Waals surface area contributed by atoms with Crippen LogP contribution in [-0.4, -0.2) is 34.8 Å². The van der Waals surface area contributed by atoms with Crippen LogP contribution in [0, 0.1) is 6.92 Å². The Kier molecular flexibility index (Phi) is 4.90. The number of carbonyl (C=O) groups is 2. The van der Waals surface area contributed by atoms with Crippen molar-refractivity contribution < 1.29 is 14.0 Å². The molecule has 7 nitrogen and oxygen atoms in total. The number of nitrogens with two attached hydrogens (primary N) is 1. The van der Waals surface area contributed by atoms with Crippen molar-refractivity contribution in [3.05, 3.63) is 65.1 Å². The Labute approximate surface area is 168 Å². The van der Waals surface area contributed by atoms with Gasteiger partial charge < -0.3 is 20.4 Å². The molecule has 0 aliphatic carbocycles. The molecule has 3 N–H and O–H groups in total. The first-order valence-electron chi connectivity index (χ1n) is 9.38.